The van der Waals surface area contributed by atoms with E-state index in [4.69, 9.17) is 4.74 Å². The molecule has 2 fully saturated rings. The molecule has 1 amide bonds. The first-order valence-corrected chi connectivity index (χ1v) is 8.76. The molecule has 1 aromatic heterocycles. The van der Waals surface area contributed by atoms with E-state index >= 15 is 0 Å². The maximum atomic E-state index is 12.7. The number of ether oxygens (including phenoxy) is 1. The molecule has 2 saturated heterocycles. The average molecular weight is 337 g/mol. The molecule has 2 aliphatic rings. The highest BCUT2D eigenvalue weighted by atomic mass is 16.5. The van der Waals surface area contributed by atoms with Crippen molar-refractivity contribution in [3.8, 4) is 5.88 Å². The maximum Gasteiger partial charge on any atom is 0.228 e. The lowest BCUT2D eigenvalue weighted by Gasteiger charge is -2.28. The van der Waals surface area contributed by atoms with E-state index in [0.29, 0.717) is 5.88 Å². The molecule has 2 atom stereocenters. The number of hydrogen-bond acceptors (Lipinski definition) is 4. The Bertz CT molecular complexity index is 765. The molecule has 5 nitrogen and oxygen atoms in total. The van der Waals surface area contributed by atoms with E-state index in [2.05, 4.69) is 39.5 Å². The van der Waals surface area contributed by atoms with Gasteiger partial charge in [-0.3, -0.25) is 9.69 Å². The molecule has 2 aliphatic heterocycles. The van der Waals surface area contributed by atoms with Crippen LogP contribution in [-0.2, 0) is 11.3 Å². The molecule has 1 N–H and O–H groups in total. The first-order chi connectivity index (χ1) is 12.2. The normalized spacial score (nSPS) is 26.1. The molecule has 0 unspecified atom stereocenters. The molecule has 3 heterocycles. The number of carbonyl (C=O) groups excluding carboxylic acids is 1. The third-order valence-corrected chi connectivity index (χ3v) is 5.61. The number of nitrogens with zero attached hydrogens (tertiary/aromatic N) is 2. The smallest absolute Gasteiger partial charge is 0.228 e. The van der Waals surface area contributed by atoms with Crippen LogP contribution in [0.3, 0.4) is 0 Å². The fraction of sp³-hybridized carbons (Fsp3) is 0.400. The zero-order chi connectivity index (χ0) is 17.3. The molecule has 0 saturated carbocycles. The van der Waals surface area contributed by atoms with Crippen LogP contribution >= 0.6 is 0 Å². The van der Waals surface area contributed by atoms with E-state index in [1.165, 1.54) is 5.56 Å². The van der Waals surface area contributed by atoms with Gasteiger partial charge in [-0.1, -0.05) is 36.4 Å². The predicted molar refractivity (Wildman–Crippen MR) is 95.3 cm³/mol. The number of pyridine rings is 1. The molecule has 25 heavy (non-hydrogen) atoms. The van der Waals surface area contributed by atoms with Crippen LogP contribution in [0.5, 0.6) is 5.88 Å². The second-order valence-corrected chi connectivity index (χ2v) is 6.96. The number of aromatic nitrogens is 1. The Labute approximate surface area is 148 Å². The first-order valence-electron chi connectivity index (χ1n) is 8.76. The average Bonchev–Trinajstić information content (AvgIpc) is 3.21. The van der Waals surface area contributed by atoms with Gasteiger partial charge in [0.1, 0.15) is 0 Å². The number of likely N-dealkylation sites (tertiary alicyclic amines) is 1. The number of carbonyl (C=O) groups is 1. The van der Waals surface area contributed by atoms with Crippen LogP contribution < -0.4 is 10.1 Å². The van der Waals surface area contributed by atoms with Gasteiger partial charge in [-0.15, -0.1) is 0 Å². The van der Waals surface area contributed by atoms with Gasteiger partial charge in [0.2, 0.25) is 11.8 Å². The van der Waals surface area contributed by atoms with Crippen LogP contribution in [0.4, 0.5) is 0 Å². The van der Waals surface area contributed by atoms with Gasteiger partial charge in [0.25, 0.3) is 0 Å². The number of amides is 1. The Balaban J connectivity index is 1.56. The molecule has 0 aliphatic carbocycles. The Hall–Kier alpha value is -2.40. The molecule has 2 aromatic rings. The molecular formula is C20H23N3O2. The molecule has 130 valence electrons. The lowest BCUT2D eigenvalue weighted by atomic mass is 9.73. The largest absolute Gasteiger partial charge is 0.481 e. The first kappa shape index (κ1) is 16.1. The van der Waals surface area contributed by atoms with Crippen molar-refractivity contribution in [1.29, 1.82) is 0 Å². The van der Waals surface area contributed by atoms with Crippen LogP contribution in [0.25, 0.3) is 0 Å². The molecule has 4 rings (SSSR count). The molecule has 0 bridgehead atoms. The van der Waals surface area contributed by atoms with Crippen molar-refractivity contribution in [3.63, 3.8) is 0 Å². The van der Waals surface area contributed by atoms with E-state index in [1.807, 2.05) is 18.2 Å². The minimum atomic E-state index is -0.323. The number of rotatable bonds is 4. The van der Waals surface area contributed by atoms with Crippen molar-refractivity contribution in [2.75, 3.05) is 26.7 Å². The summed E-state index contributed by atoms with van der Waals surface area (Å²) in [7, 11) is 1.65. The fourth-order valence-corrected chi connectivity index (χ4v) is 4.34. The van der Waals surface area contributed by atoms with Crippen molar-refractivity contribution in [2.45, 2.75) is 18.9 Å². The monoisotopic (exact) mass is 337 g/mol. The van der Waals surface area contributed by atoms with E-state index in [0.717, 1.165) is 38.2 Å². The third kappa shape index (κ3) is 2.78. The van der Waals surface area contributed by atoms with Gasteiger partial charge in [0.15, 0.2) is 0 Å². The standard InChI is InChI=1S/C20H23N3O2/c1-25-18-16(8-5-10-21-18)13-23-11-9-20(14-23)17(12-22-19(20)24)15-6-3-2-4-7-15/h2-8,10,17H,9,11-14H2,1H3,(H,22,24)/t17-,20+/m1/s1. The Morgan fingerprint density at radius 3 is 2.92 bits per heavy atom. The van der Waals surface area contributed by atoms with Gasteiger partial charge in [0, 0.05) is 37.3 Å². The SMILES string of the molecule is COc1ncccc1CN1CC[C@@]2(C1)C(=O)NC[C@@H]2c1ccccc1. The highest BCUT2D eigenvalue weighted by molar-refractivity contribution is 5.87. The van der Waals surface area contributed by atoms with Crippen LogP contribution in [0.2, 0.25) is 0 Å². The van der Waals surface area contributed by atoms with Crippen LogP contribution in [0.1, 0.15) is 23.5 Å². The highest BCUT2D eigenvalue weighted by Gasteiger charge is 2.54. The summed E-state index contributed by atoms with van der Waals surface area (Å²) in [6.45, 7) is 3.17. The fourth-order valence-electron chi connectivity index (χ4n) is 4.34. The summed E-state index contributed by atoms with van der Waals surface area (Å²) in [6, 6.07) is 14.4. The predicted octanol–water partition coefficient (Wildman–Crippen LogP) is 2.20. The zero-order valence-corrected chi connectivity index (χ0v) is 14.4. The Kier molecular flexibility index (Phi) is 4.17. The second kappa shape index (κ2) is 6.48. The van der Waals surface area contributed by atoms with Crippen molar-refractivity contribution in [1.82, 2.24) is 15.2 Å². The number of benzene rings is 1. The lowest BCUT2D eigenvalue weighted by molar-refractivity contribution is -0.127. The number of hydrogen-bond donors (Lipinski definition) is 1. The summed E-state index contributed by atoms with van der Waals surface area (Å²) in [6.07, 6.45) is 2.63. The Morgan fingerprint density at radius 2 is 2.12 bits per heavy atom. The maximum absolute atomic E-state index is 12.7. The molecule has 1 aromatic carbocycles. The molecule has 1 spiro atoms. The van der Waals surface area contributed by atoms with Crippen molar-refractivity contribution in [3.05, 3.63) is 59.8 Å². The van der Waals surface area contributed by atoms with Crippen molar-refractivity contribution in [2.24, 2.45) is 5.41 Å². The summed E-state index contributed by atoms with van der Waals surface area (Å²) in [5, 5.41) is 3.11. The highest BCUT2D eigenvalue weighted by Crippen LogP contribution is 2.47. The van der Waals surface area contributed by atoms with E-state index < -0.39 is 0 Å². The van der Waals surface area contributed by atoms with E-state index in [-0.39, 0.29) is 17.2 Å². The summed E-state index contributed by atoms with van der Waals surface area (Å²) in [4.78, 5) is 19.4. The topological polar surface area (TPSA) is 54.5 Å². The zero-order valence-electron chi connectivity index (χ0n) is 14.4. The number of methoxy groups -OCH3 is 1. The van der Waals surface area contributed by atoms with E-state index in [9.17, 15) is 4.79 Å². The summed E-state index contributed by atoms with van der Waals surface area (Å²) in [5.41, 5.74) is 2.00. The second-order valence-electron chi connectivity index (χ2n) is 6.96. The van der Waals surface area contributed by atoms with Crippen molar-refractivity contribution >= 4 is 5.91 Å². The van der Waals surface area contributed by atoms with Gasteiger partial charge >= 0.3 is 0 Å². The molecule has 5 heteroatoms. The Morgan fingerprint density at radius 1 is 1.28 bits per heavy atom. The van der Waals surface area contributed by atoms with Crippen LogP contribution in [-0.4, -0.2) is 42.5 Å². The van der Waals surface area contributed by atoms with Gasteiger partial charge in [0.05, 0.1) is 12.5 Å². The minimum Gasteiger partial charge on any atom is -0.481 e. The number of nitrogens with one attached hydrogen (secondary N) is 1. The molecular weight excluding hydrogens is 314 g/mol. The summed E-state index contributed by atoms with van der Waals surface area (Å²) >= 11 is 0. The van der Waals surface area contributed by atoms with Gasteiger partial charge in [-0.2, -0.15) is 0 Å². The van der Waals surface area contributed by atoms with Gasteiger partial charge < -0.3 is 10.1 Å². The van der Waals surface area contributed by atoms with Crippen LogP contribution in [0, 0.1) is 5.41 Å². The summed E-state index contributed by atoms with van der Waals surface area (Å²) < 4.78 is 5.37. The van der Waals surface area contributed by atoms with Crippen molar-refractivity contribution < 1.29 is 9.53 Å². The summed E-state index contributed by atoms with van der Waals surface area (Å²) in [5.74, 6) is 1.10. The quantitative estimate of drug-likeness (QED) is 0.929. The van der Waals surface area contributed by atoms with E-state index in [1.54, 1.807) is 13.3 Å². The van der Waals surface area contributed by atoms with Gasteiger partial charge in [-0.05, 0) is 24.6 Å². The third-order valence-electron chi connectivity index (χ3n) is 5.61. The van der Waals surface area contributed by atoms with Gasteiger partial charge in [-0.25, -0.2) is 4.98 Å². The minimum absolute atomic E-state index is 0.196. The lowest BCUT2D eigenvalue weighted by Crippen LogP contribution is -2.37. The van der Waals surface area contributed by atoms with Crippen LogP contribution in [0.15, 0.2) is 48.7 Å². The molecule has 0 radical (unpaired) electrons.